The van der Waals surface area contributed by atoms with Crippen molar-refractivity contribution in [2.24, 2.45) is 5.73 Å². The van der Waals surface area contributed by atoms with Crippen LogP contribution in [0, 0.1) is 0 Å². The van der Waals surface area contributed by atoms with Gasteiger partial charge in [0.05, 0.1) is 13.2 Å². The van der Waals surface area contributed by atoms with Gasteiger partial charge < -0.3 is 15.2 Å². The number of benzene rings is 2. The van der Waals surface area contributed by atoms with Gasteiger partial charge in [0.1, 0.15) is 0 Å². The van der Waals surface area contributed by atoms with E-state index in [1.807, 2.05) is 24.3 Å². The highest BCUT2D eigenvalue weighted by Crippen LogP contribution is 2.34. The molecule has 1 atom stereocenters. The van der Waals surface area contributed by atoms with Crippen molar-refractivity contribution in [3.05, 3.63) is 59.7 Å². The first-order valence-electron chi connectivity index (χ1n) is 7.03. The minimum absolute atomic E-state index is 0.188. The fourth-order valence-electron chi connectivity index (χ4n) is 2.55. The summed E-state index contributed by atoms with van der Waals surface area (Å²) >= 11 is 0. The Labute approximate surface area is 119 Å². The number of hydrogen-bond donors (Lipinski definition) is 1. The van der Waals surface area contributed by atoms with Gasteiger partial charge in [0.25, 0.3) is 0 Å². The van der Waals surface area contributed by atoms with Gasteiger partial charge in [-0.05, 0) is 23.3 Å². The molecule has 1 heterocycles. The number of nitrogens with two attached hydrogens (primary N) is 1. The van der Waals surface area contributed by atoms with Crippen LogP contribution in [0.25, 0.3) is 0 Å². The summed E-state index contributed by atoms with van der Waals surface area (Å²) in [6.07, 6.45) is 0.920. The molecule has 0 saturated carbocycles. The summed E-state index contributed by atoms with van der Waals surface area (Å²) in [6.45, 7) is 1.99. The molecule has 0 radical (unpaired) electrons. The molecule has 0 aliphatic carbocycles. The first-order valence-corrected chi connectivity index (χ1v) is 7.03. The Kier molecular flexibility index (Phi) is 3.88. The second kappa shape index (κ2) is 5.97. The number of fused-ring (bicyclic) bond motifs is 1. The summed E-state index contributed by atoms with van der Waals surface area (Å²) in [5.41, 5.74) is 8.37. The molecule has 3 rings (SSSR count). The van der Waals surface area contributed by atoms with Crippen LogP contribution in [-0.4, -0.2) is 19.8 Å². The lowest BCUT2D eigenvalue weighted by Crippen LogP contribution is -2.14. The zero-order chi connectivity index (χ0) is 13.8. The van der Waals surface area contributed by atoms with Gasteiger partial charge in [0, 0.05) is 18.9 Å². The molecular weight excluding hydrogens is 250 g/mol. The minimum atomic E-state index is 0.188. The number of hydrogen-bond acceptors (Lipinski definition) is 3. The molecule has 1 aliphatic rings. The number of rotatable bonds is 3. The molecule has 0 aromatic heterocycles. The van der Waals surface area contributed by atoms with Gasteiger partial charge in [0.15, 0.2) is 11.5 Å². The summed E-state index contributed by atoms with van der Waals surface area (Å²) < 4.78 is 11.4. The molecule has 3 nitrogen and oxygen atoms in total. The lowest BCUT2D eigenvalue weighted by Gasteiger charge is -2.17. The third-order valence-electron chi connectivity index (χ3n) is 3.61. The van der Waals surface area contributed by atoms with Crippen molar-refractivity contribution < 1.29 is 9.47 Å². The van der Waals surface area contributed by atoms with Crippen molar-refractivity contribution >= 4 is 0 Å². The summed E-state index contributed by atoms with van der Waals surface area (Å²) in [7, 11) is 0. The van der Waals surface area contributed by atoms with Crippen LogP contribution in [0.3, 0.4) is 0 Å². The third kappa shape index (κ3) is 2.63. The zero-order valence-corrected chi connectivity index (χ0v) is 11.4. The first kappa shape index (κ1) is 13.0. The highest BCUT2D eigenvalue weighted by atomic mass is 16.5. The van der Waals surface area contributed by atoms with Crippen LogP contribution in [0.1, 0.15) is 23.5 Å². The largest absolute Gasteiger partial charge is 0.490 e. The molecule has 1 aliphatic heterocycles. The molecule has 0 bridgehead atoms. The van der Waals surface area contributed by atoms with E-state index in [9.17, 15) is 0 Å². The predicted octanol–water partition coefficient (Wildman–Crippen LogP) is 2.94. The quantitative estimate of drug-likeness (QED) is 0.931. The maximum absolute atomic E-state index is 5.97. The fraction of sp³-hybridized carbons (Fsp3) is 0.294. The van der Waals surface area contributed by atoms with Crippen molar-refractivity contribution in [3.63, 3.8) is 0 Å². The average molecular weight is 269 g/mol. The molecule has 0 amide bonds. The Morgan fingerprint density at radius 1 is 0.900 bits per heavy atom. The van der Waals surface area contributed by atoms with Crippen molar-refractivity contribution in [2.45, 2.75) is 12.3 Å². The Hall–Kier alpha value is -2.00. The van der Waals surface area contributed by atoms with Gasteiger partial charge in [-0.1, -0.05) is 36.4 Å². The van der Waals surface area contributed by atoms with Crippen molar-refractivity contribution in [1.82, 2.24) is 0 Å². The van der Waals surface area contributed by atoms with Gasteiger partial charge in [-0.3, -0.25) is 0 Å². The van der Waals surface area contributed by atoms with Crippen LogP contribution in [0.4, 0.5) is 0 Å². The van der Waals surface area contributed by atoms with Crippen LogP contribution in [0.15, 0.2) is 48.5 Å². The second-order valence-corrected chi connectivity index (χ2v) is 4.96. The van der Waals surface area contributed by atoms with E-state index in [1.54, 1.807) is 0 Å². The summed E-state index contributed by atoms with van der Waals surface area (Å²) in [5, 5.41) is 0. The highest BCUT2D eigenvalue weighted by Gasteiger charge is 2.16. The highest BCUT2D eigenvalue weighted by molar-refractivity contribution is 5.46. The van der Waals surface area contributed by atoms with E-state index in [0.29, 0.717) is 19.8 Å². The molecule has 0 saturated heterocycles. The lowest BCUT2D eigenvalue weighted by atomic mass is 9.91. The summed E-state index contributed by atoms with van der Waals surface area (Å²) in [5.74, 6) is 1.85. The van der Waals surface area contributed by atoms with E-state index >= 15 is 0 Å². The molecule has 3 heteroatoms. The molecule has 0 fully saturated rings. The topological polar surface area (TPSA) is 44.5 Å². The monoisotopic (exact) mass is 269 g/mol. The summed E-state index contributed by atoms with van der Waals surface area (Å²) in [6, 6.07) is 16.5. The van der Waals surface area contributed by atoms with Gasteiger partial charge >= 0.3 is 0 Å². The molecule has 20 heavy (non-hydrogen) atoms. The van der Waals surface area contributed by atoms with Crippen molar-refractivity contribution in [2.75, 3.05) is 19.8 Å². The molecule has 2 N–H and O–H groups in total. The van der Waals surface area contributed by atoms with Crippen molar-refractivity contribution in [1.29, 1.82) is 0 Å². The van der Waals surface area contributed by atoms with Crippen molar-refractivity contribution in [3.8, 4) is 11.5 Å². The van der Waals surface area contributed by atoms with E-state index in [-0.39, 0.29) is 5.92 Å². The smallest absolute Gasteiger partial charge is 0.161 e. The van der Waals surface area contributed by atoms with E-state index in [4.69, 9.17) is 15.2 Å². The lowest BCUT2D eigenvalue weighted by molar-refractivity contribution is 0.297. The fourth-order valence-corrected chi connectivity index (χ4v) is 2.55. The Morgan fingerprint density at radius 3 is 2.40 bits per heavy atom. The Bertz CT molecular complexity index is 568. The standard InChI is InChI=1S/C17H19NO2/c18-12-15(13-5-2-1-3-6-13)14-7-8-16-17(11-14)20-10-4-9-19-16/h1-3,5-8,11,15H,4,9-10,12,18H2. The zero-order valence-electron chi connectivity index (χ0n) is 11.4. The third-order valence-corrected chi connectivity index (χ3v) is 3.61. The predicted molar refractivity (Wildman–Crippen MR) is 79.4 cm³/mol. The van der Waals surface area contributed by atoms with Gasteiger partial charge in [-0.25, -0.2) is 0 Å². The maximum Gasteiger partial charge on any atom is 0.161 e. The van der Waals surface area contributed by atoms with E-state index in [2.05, 4.69) is 24.3 Å². The average Bonchev–Trinajstić information content (AvgIpc) is 2.74. The Balaban J connectivity index is 1.94. The van der Waals surface area contributed by atoms with Crippen LogP contribution < -0.4 is 15.2 Å². The maximum atomic E-state index is 5.97. The number of ether oxygens (including phenoxy) is 2. The van der Waals surface area contributed by atoms with E-state index < -0.39 is 0 Å². The molecular formula is C17H19NO2. The van der Waals surface area contributed by atoms with Gasteiger partial charge in [0.2, 0.25) is 0 Å². The molecule has 1 unspecified atom stereocenters. The van der Waals surface area contributed by atoms with Crippen LogP contribution in [-0.2, 0) is 0 Å². The second-order valence-electron chi connectivity index (χ2n) is 4.96. The molecule has 2 aromatic carbocycles. The summed E-state index contributed by atoms with van der Waals surface area (Å²) in [4.78, 5) is 0. The molecule has 0 spiro atoms. The van der Waals surface area contributed by atoms with E-state index in [0.717, 1.165) is 17.9 Å². The van der Waals surface area contributed by atoms with Crippen LogP contribution >= 0.6 is 0 Å². The van der Waals surface area contributed by atoms with Crippen LogP contribution in [0.2, 0.25) is 0 Å². The van der Waals surface area contributed by atoms with Crippen LogP contribution in [0.5, 0.6) is 11.5 Å². The van der Waals surface area contributed by atoms with Gasteiger partial charge in [-0.15, -0.1) is 0 Å². The normalized spacial score (nSPS) is 15.4. The Morgan fingerprint density at radius 2 is 1.65 bits per heavy atom. The first-order chi connectivity index (χ1) is 9.88. The molecule has 2 aromatic rings. The van der Waals surface area contributed by atoms with E-state index in [1.165, 1.54) is 11.1 Å². The van der Waals surface area contributed by atoms with Gasteiger partial charge in [-0.2, -0.15) is 0 Å². The molecule has 104 valence electrons. The SMILES string of the molecule is NCC(c1ccccc1)c1ccc2c(c1)OCCCO2. The minimum Gasteiger partial charge on any atom is -0.490 e.